The predicted molar refractivity (Wildman–Crippen MR) is 84.8 cm³/mol. The van der Waals surface area contributed by atoms with Crippen LogP contribution in [-0.4, -0.2) is 9.55 Å². The third-order valence-corrected chi connectivity index (χ3v) is 4.84. The predicted octanol–water partition coefficient (Wildman–Crippen LogP) is 4.03. The van der Waals surface area contributed by atoms with Gasteiger partial charge in [0.05, 0.1) is 27.6 Å². The summed E-state index contributed by atoms with van der Waals surface area (Å²) in [6, 6.07) is 9.50. The molecular weight excluding hydrogens is 392 g/mol. The Hall–Kier alpha value is -0.980. The van der Waals surface area contributed by atoms with Crippen molar-refractivity contribution in [2.24, 2.45) is 0 Å². The monoisotopic (exact) mass is 398 g/mol. The van der Waals surface area contributed by atoms with E-state index in [1.807, 2.05) is 24.3 Å². The second-order valence-corrected chi connectivity index (χ2v) is 7.51. The minimum atomic E-state index is -0.0120. The van der Waals surface area contributed by atoms with Crippen molar-refractivity contribution in [2.45, 2.75) is 6.54 Å². The smallest absolute Gasteiger partial charge is 0.261 e. The van der Waals surface area contributed by atoms with Crippen molar-refractivity contribution >= 4 is 54.1 Å². The Kier molecular flexibility index (Phi) is 3.56. The van der Waals surface area contributed by atoms with Crippen molar-refractivity contribution in [2.75, 3.05) is 0 Å². The molecule has 0 amide bonds. The van der Waals surface area contributed by atoms with Crippen molar-refractivity contribution in [3.63, 3.8) is 0 Å². The Morgan fingerprint density at radius 1 is 1.21 bits per heavy atom. The highest BCUT2D eigenvalue weighted by atomic mass is 79.9. The molecule has 0 aliphatic rings. The van der Waals surface area contributed by atoms with E-state index in [0.717, 1.165) is 13.1 Å². The average Bonchev–Trinajstić information content (AvgIpc) is 2.78. The van der Waals surface area contributed by atoms with Crippen LogP contribution in [0.1, 0.15) is 4.88 Å². The lowest BCUT2D eigenvalue weighted by molar-refractivity contribution is 0.758. The van der Waals surface area contributed by atoms with Gasteiger partial charge in [0, 0.05) is 9.35 Å². The summed E-state index contributed by atoms with van der Waals surface area (Å²) in [6.07, 6.45) is 1.60. The van der Waals surface area contributed by atoms with E-state index >= 15 is 0 Å². The van der Waals surface area contributed by atoms with E-state index in [4.69, 9.17) is 0 Å². The molecular formula is C13H8Br2N2OS. The number of hydrogen-bond donors (Lipinski definition) is 0. The van der Waals surface area contributed by atoms with Crippen molar-refractivity contribution in [1.29, 1.82) is 0 Å². The van der Waals surface area contributed by atoms with Gasteiger partial charge in [-0.2, -0.15) is 0 Å². The number of halogens is 2. The fraction of sp³-hybridized carbons (Fsp3) is 0.0769. The van der Waals surface area contributed by atoms with Crippen molar-refractivity contribution in [3.05, 3.63) is 60.1 Å². The zero-order chi connectivity index (χ0) is 13.4. The summed E-state index contributed by atoms with van der Waals surface area (Å²) in [4.78, 5) is 17.8. The summed E-state index contributed by atoms with van der Waals surface area (Å²) >= 11 is 8.42. The molecule has 1 aromatic carbocycles. The minimum Gasteiger partial charge on any atom is -0.293 e. The number of thiophene rings is 1. The fourth-order valence-electron chi connectivity index (χ4n) is 1.85. The second kappa shape index (κ2) is 5.19. The van der Waals surface area contributed by atoms with Crippen LogP contribution in [0.5, 0.6) is 0 Å². The van der Waals surface area contributed by atoms with E-state index in [0.29, 0.717) is 17.4 Å². The molecule has 3 aromatic rings. The lowest BCUT2D eigenvalue weighted by atomic mass is 10.2. The van der Waals surface area contributed by atoms with Gasteiger partial charge in [-0.1, -0.05) is 15.9 Å². The van der Waals surface area contributed by atoms with E-state index in [1.165, 1.54) is 0 Å². The van der Waals surface area contributed by atoms with Gasteiger partial charge < -0.3 is 0 Å². The van der Waals surface area contributed by atoms with Gasteiger partial charge in [0.1, 0.15) is 0 Å². The topological polar surface area (TPSA) is 34.9 Å². The molecule has 6 heteroatoms. The first-order valence-electron chi connectivity index (χ1n) is 5.52. The zero-order valence-electron chi connectivity index (χ0n) is 9.64. The van der Waals surface area contributed by atoms with Gasteiger partial charge >= 0.3 is 0 Å². The third-order valence-electron chi connectivity index (χ3n) is 2.74. The minimum absolute atomic E-state index is 0.0120. The summed E-state index contributed by atoms with van der Waals surface area (Å²) in [5, 5.41) is 0.640. The lowest BCUT2D eigenvalue weighted by Gasteiger charge is -2.05. The maximum atomic E-state index is 12.4. The van der Waals surface area contributed by atoms with Crippen LogP contribution in [0.4, 0.5) is 0 Å². The van der Waals surface area contributed by atoms with Gasteiger partial charge in [-0.15, -0.1) is 11.3 Å². The standard InChI is InChI=1S/C13H8Br2N2OS/c14-8-1-3-10-11(5-8)16-7-17(13(10)18)6-9-2-4-12(15)19-9/h1-5,7H,6H2. The van der Waals surface area contributed by atoms with E-state index in [2.05, 4.69) is 36.8 Å². The molecule has 0 unspecified atom stereocenters. The molecule has 0 aliphatic heterocycles. The maximum Gasteiger partial charge on any atom is 0.261 e. The maximum absolute atomic E-state index is 12.4. The lowest BCUT2D eigenvalue weighted by Crippen LogP contribution is -2.20. The first-order chi connectivity index (χ1) is 9.13. The molecule has 0 saturated heterocycles. The van der Waals surface area contributed by atoms with Crippen LogP contribution in [0.2, 0.25) is 0 Å². The van der Waals surface area contributed by atoms with Crippen molar-refractivity contribution < 1.29 is 0 Å². The van der Waals surface area contributed by atoms with E-state index < -0.39 is 0 Å². The molecule has 0 fully saturated rings. The van der Waals surface area contributed by atoms with Crippen LogP contribution in [0, 0.1) is 0 Å². The number of fused-ring (bicyclic) bond motifs is 1. The highest BCUT2D eigenvalue weighted by Crippen LogP contribution is 2.22. The van der Waals surface area contributed by atoms with Crippen LogP contribution >= 0.6 is 43.2 Å². The Bertz CT molecular complexity index is 810. The Balaban J connectivity index is 2.08. The first-order valence-corrected chi connectivity index (χ1v) is 7.92. The zero-order valence-corrected chi connectivity index (χ0v) is 13.6. The Morgan fingerprint density at radius 3 is 2.79 bits per heavy atom. The van der Waals surface area contributed by atoms with Crippen molar-refractivity contribution in [3.8, 4) is 0 Å². The number of aromatic nitrogens is 2. The Labute approximate surface area is 130 Å². The highest BCUT2D eigenvalue weighted by molar-refractivity contribution is 9.11. The van der Waals surface area contributed by atoms with Crippen LogP contribution in [0.25, 0.3) is 10.9 Å². The molecule has 3 nitrogen and oxygen atoms in total. The van der Waals surface area contributed by atoms with E-state index in [1.54, 1.807) is 28.3 Å². The number of benzene rings is 1. The first kappa shape index (κ1) is 13.0. The molecule has 2 heterocycles. The van der Waals surface area contributed by atoms with Crippen LogP contribution in [-0.2, 0) is 6.54 Å². The molecule has 3 rings (SSSR count). The molecule has 19 heavy (non-hydrogen) atoms. The molecule has 0 radical (unpaired) electrons. The summed E-state index contributed by atoms with van der Waals surface area (Å²) in [5.74, 6) is 0. The van der Waals surface area contributed by atoms with Gasteiger partial charge in [-0.3, -0.25) is 9.36 Å². The molecule has 96 valence electrons. The second-order valence-electron chi connectivity index (χ2n) is 4.04. The molecule has 0 bridgehead atoms. The largest absolute Gasteiger partial charge is 0.293 e. The van der Waals surface area contributed by atoms with Gasteiger partial charge in [0.25, 0.3) is 5.56 Å². The highest BCUT2D eigenvalue weighted by Gasteiger charge is 2.06. The molecule has 0 N–H and O–H groups in total. The summed E-state index contributed by atoms with van der Waals surface area (Å²) in [6.45, 7) is 0.550. The number of rotatable bonds is 2. The summed E-state index contributed by atoms with van der Waals surface area (Å²) in [5.41, 5.74) is 0.699. The normalized spacial score (nSPS) is 11.1. The summed E-state index contributed by atoms with van der Waals surface area (Å²) in [7, 11) is 0. The number of hydrogen-bond acceptors (Lipinski definition) is 3. The quantitative estimate of drug-likeness (QED) is 0.651. The van der Waals surface area contributed by atoms with Crippen molar-refractivity contribution in [1.82, 2.24) is 9.55 Å². The molecule has 0 saturated carbocycles. The number of nitrogens with zero attached hydrogens (tertiary/aromatic N) is 2. The van der Waals surface area contributed by atoms with Crippen LogP contribution in [0.3, 0.4) is 0 Å². The molecule has 0 aliphatic carbocycles. The fourth-order valence-corrected chi connectivity index (χ4v) is 3.68. The van der Waals surface area contributed by atoms with E-state index in [9.17, 15) is 4.79 Å². The summed E-state index contributed by atoms with van der Waals surface area (Å²) < 4.78 is 3.62. The van der Waals surface area contributed by atoms with Gasteiger partial charge in [0.2, 0.25) is 0 Å². The third kappa shape index (κ3) is 2.66. The molecule has 2 aromatic heterocycles. The average molecular weight is 400 g/mol. The van der Waals surface area contributed by atoms with Gasteiger partial charge in [-0.05, 0) is 46.3 Å². The SMILES string of the molecule is O=c1c2ccc(Br)cc2ncn1Cc1ccc(Br)s1. The molecule has 0 spiro atoms. The molecule has 0 atom stereocenters. The van der Waals surface area contributed by atoms with Crippen LogP contribution < -0.4 is 5.56 Å². The van der Waals surface area contributed by atoms with Crippen LogP contribution in [0.15, 0.2) is 49.7 Å². The van der Waals surface area contributed by atoms with Gasteiger partial charge in [-0.25, -0.2) is 4.98 Å². The van der Waals surface area contributed by atoms with E-state index in [-0.39, 0.29) is 5.56 Å². The Morgan fingerprint density at radius 2 is 2.05 bits per heavy atom. The van der Waals surface area contributed by atoms with Gasteiger partial charge in [0.15, 0.2) is 0 Å².